The Morgan fingerprint density at radius 2 is 1.56 bits per heavy atom. The molecule has 0 saturated carbocycles. The molecule has 0 fully saturated rings. The van der Waals surface area contributed by atoms with Crippen molar-refractivity contribution in [1.82, 2.24) is 10.6 Å². The maximum Gasteiger partial charge on any atom is 0.315 e. The molecule has 2 N–H and O–H groups in total. The van der Waals surface area contributed by atoms with Crippen molar-refractivity contribution in [2.45, 2.75) is 54.5 Å². The molecular formula is C14H28N2O2. The van der Waals surface area contributed by atoms with Gasteiger partial charge in [-0.15, -0.1) is 0 Å². The van der Waals surface area contributed by atoms with Crippen LogP contribution in [0.4, 0.5) is 4.79 Å². The first-order valence-electron chi connectivity index (χ1n) is 6.63. The van der Waals surface area contributed by atoms with Crippen molar-refractivity contribution in [3.63, 3.8) is 0 Å². The number of amides is 2. The van der Waals surface area contributed by atoms with Crippen LogP contribution in [0, 0.1) is 17.3 Å². The van der Waals surface area contributed by atoms with Crippen molar-refractivity contribution in [3.8, 4) is 0 Å². The van der Waals surface area contributed by atoms with Gasteiger partial charge in [-0.25, -0.2) is 4.79 Å². The maximum atomic E-state index is 12.1. The van der Waals surface area contributed by atoms with Gasteiger partial charge in [0.25, 0.3) is 0 Å². The summed E-state index contributed by atoms with van der Waals surface area (Å²) in [5, 5.41) is 5.57. The Morgan fingerprint density at radius 1 is 1.06 bits per heavy atom. The molecule has 1 unspecified atom stereocenters. The van der Waals surface area contributed by atoms with Gasteiger partial charge in [-0.3, -0.25) is 4.79 Å². The van der Waals surface area contributed by atoms with E-state index in [0.717, 1.165) is 0 Å². The monoisotopic (exact) mass is 256 g/mol. The summed E-state index contributed by atoms with van der Waals surface area (Å²) < 4.78 is 0. The van der Waals surface area contributed by atoms with Crippen molar-refractivity contribution >= 4 is 11.8 Å². The number of rotatable bonds is 5. The molecule has 0 aromatic heterocycles. The van der Waals surface area contributed by atoms with E-state index in [4.69, 9.17) is 0 Å². The lowest BCUT2D eigenvalue weighted by Crippen LogP contribution is -2.53. The minimum absolute atomic E-state index is 0.0715. The van der Waals surface area contributed by atoms with Crippen LogP contribution in [0.1, 0.15) is 48.5 Å². The number of carbonyl (C=O) groups is 2. The molecular weight excluding hydrogens is 228 g/mol. The first kappa shape index (κ1) is 16.9. The van der Waals surface area contributed by atoms with E-state index in [1.165, 1.54) is 0 Å². The van der Waals surface area contributed by atoms with Gasteiger partial charge in [0, 0.05) is 12.5 Å². The fraction of sp³-hybridized carbons (Fsp3) is 0.857. The summed E-state index contributed by atoms with van der Waals surface area (Å²) in [6.07, 6.45) is 0. The SMILES string of the molecule is CC(C)CNC(=O)NC(C(=O)C(C)C)C(C)(C)C. The topological polar surface area (TPSA) is 58.2 Å². The third-order valence-corrected chi connectivity index (χ3v) is 2.67. The number of ketones is 1. The van der Waals surface area contributed by atoms with Crippen molar-refractivity contribution in [2.24, 2.45) is 17.3 Å². The number of Topliss-reactive ketones (excluding diaryl/α,β-unsaturated/α-hetero) is 1. The van der Waals surface area contributed by atoms with E-state index in [1.54, 1.807) is 0 Å². The second kappa shape index (κ2) is 6.76. The summed E-state index contributed by atoms with van der Waals surface area (Å²) >= 11 is 0. The quantitative estimate of drug-likeness (QED) is 0.794. The van der Waals surface area contributed by atoms with E-state index in [0.29, 0.717) is 12.5 Å². The minimum atomic E-state index is -0.454. The highest BCUT2D eigenvalue weighted by molar-refractivity contribution is 5.90. The normalized spacial score (nSPS) is 13.6. The first-order chi connectivity index (χ1) is 8.05. The number of hydrogen-bond donors (Lipinski definition) is 2. The zero-order chi connectivity index (χ0) is 14.5. The highest BCUT2D eigenvalue weighted by Gasteiger charge is 2.33. The van der Waals surface area contributed by atoms with Crippen molar-refractivity contribution in [1.29, 1.82) is 0 Å². The molecule has 4 heteroatoms. The molecule has 0 aliphatic carbocycles. The van der Waals surface area contributed by atoms with Crippen LogP contribution in [0.5, 0.6) is 0 Å². The van der Waals surface area contributed by atoms with Crippen LogP contribution in [-0.2, 0) is 4.79 Å². The molecule has 0 aliphatic heterocycles. The van der Waals surface area contributed by atoms with E-state index >= 15 is 0 Å². The average Bonchev–Trinajstić information content (AvgIpc) is 2.20. The molecule has 0 aromatic rings. The van der Waals surface area contributed by atoms with Gasteiger partial charge < -0.3 is 10.6 Å². The summed E-state index contributed by atoms with van der Waals surface area (Å²) in [4.78, 5) is 23.9. The summed E-state index contributed by atoms with van der Waals surface area (Å²) in [7, 11) is 0. The van der Waals surface area contributed by atoms with Gasteiger partial charge in [-0.1, -0.05) is 48.5 Å². The van der Waals surface area contributed by atoms with Gasteiger partial charge in [0.05, 0.1) is 6.04 Å². The number of carbonyl (C=O) groups excluding carboxylic acids is 2. The Morgan fingerprint density at radius 3 is 1.89 bits per heavy atom. The Kier molecular flexibility index (Phi) is 6.36. The Hall–Kier alpha value is -1.06. The lowest BCUT2D eigenvalue weighted by molar-refractivity contribution is -0.126. The molecule has 1 atom stereocenters. The second-order valence-corrected chi connectivity index (χ2v) is 6.60. The largest absolute Gasteiger partial charge is 0.338 e. The zero-order valence-electron chi connectivity index (χ0n) is 12.8. The van der Waals surface area contributed by atoms with Crippen LogP contribution >= 0.6 is 0 Å². The van der Waals surface area contributed by atoms with Crippen LogP contribution in [0.25, 0.3) is 0 Å². The predicted molar refractivity (Wildman–Crippen MR) is 74.5 cm³/mol. The number of hydrogen-bond acceptors (Lipinski definition) is 2. The second-order valence-electron chi connectivity index (χ2n) is 6.60. The van der Waals surface area contributed by atoms with Crippen LogP contribution in [0.2, 0.25) is 0 Å². The number of urea groups is 1. The average molecular weight is 256 g/mol. The van der Waals surface area contributed by atoms with Gasteiger partial charge in [0.1, 0.15) is 0 Å². The van der Waals surface area contributed by atoms with E-state index in [-0.39, 0.29) is 23.1 Å². The van der Waals surface area contributed by atoms with Gasteiger partial charge >= 0.3 is 6.03 Å². The molecule has 0 spiro atoms. The van der Waals surface area contributed by atoms with Gasteiger partial charge in [0.15, 0.2) is 5.78 Å². The summed E-state index contributed by atoms with van der Waals surface area (Å²) in [6.45, 7) is 14.3. The van der Waals surface area contributed by atoms with Crippen LogP contribution in [0.15, 0.2) is 0 Å². The van der Waals surface area contributed by atoms with Gasteiger partial charge in [0.2, 0.25) is 0 Å². The highest BCUT2D eigenvalue weighted by atomic mass is 16.2. The lowest BCUT2D eigenvalue weighted by atomic mass is 9.81. The third kappa shape index (κ3) is 6.03. The van der Waals surface area contributed by atoms with Gasteiger partial charge in [-0.2, -0.15) is 0 Å². The fourth-order valence-electron chi connectivity index (χ4n) is 1.53. The summed E-state index contributed by atoms with van der Waals surface area (Å²) in [5.41, 5.74) is -0.281. The molecule has 106 valence electrons. The third-order valence-electron chi connectivity index (χ3n) is 2.67. The molecule has 2 amide bonds. The molecule has 4 nitrogen and oxygen atoms in total. The minimum Gasteiger partial charge on any atom is -0.338 e. The summed E-state index contributed by atoms with van der Waals surface area (Å²) in [5.74, 6) is 0.381. The smallest absolute Gasteiger partial charge is 0.315 e. The molecule has 0 heterocycles. The summed E-state index contributed by atoms with van der Waals surface area (Å²) in [6, 6.07) is -0.720. The number of nitrogens with one attached hydrogen (secondary N) is 2. The van der Waals surface area contributed by atoms with Crippen molar-refractivity contribution < 1.29 is 9.59 Å². The standard InChI is InChI=1S/C14H28N2O2/c1-9(2)8-15-13(18)16-12(14(5,6)7)11(17)10(3)4/h9-10,12H,8H2,1-7H3,(H2,15,16,18). The Balaban J connectivity index is 4.62. The van der Waals surface area contributed by atoms with Gasteiger partial charge in [-0.05, 0) is 11.3 Å². The predicted octanol–water partition coefficient (Wildman–Crippen LogP) is 2.58. The van der Waals surface area contributed by atoms with Crippen molar-refractivity contribution in [2.75, 3.05) is 6.54 Å². The highest BCUT2D eigenvalue weighted by Crippen LogP contribution is 2.22. The van der Waals surface area contributed by atoms with Crippen molar-refractivity contribution in [3.05, 3.63) is 0 Å². The molecule has 0 aliphatic rings. The molecule has 0 aromatic carbocycles. The molecule has 18 heavy (non-hydrogen) atoms. The van der Waals surface area contributed by atoms with Crippen LogP contribution < -0.4 is 10.6 Å². The maximum absolute atomic E-state index is 12.1. The van der Waals surface area contributed by atoms with E-state index in [9.17, 15) is 9.59 Å². The van der Waals surface area contributed by atoms with Crippen LogP contribution in [-0.4, -0.2) is 24.4 Å². The molecule has 0 saturated heterocycles. The van der Waals surface area contributed by atoms with E-state index in [1.807, 2.05) is 48.5 Å². The van der Waals surface area contributed by atoms with Crippen LogP contribution in [0.3, 0.4) is 0 Å². The fourth-order valence-corrected chi connectivity index (χ4v) is 1.53. The first-order valence-corrected chi connectivity index (χ1v) is 6.63. The Bertz CT molecular complexity index is 291. The molecule has 0 bridgehead atoms. The zero-order valence-corrected chi connectivity index (χ0v) is 12.8. The molecule has 0 radical (unpaired) electrons. The van der Waals surface area contributed by atoms with E-state index < -0.39 is 6.04 Å². The lowest BCUT2D eigenvalue weighted by Gasteiger charge is -2.31. The van der Waals surface area contributed by atoms with E-state index in [2.05, 4.69) is 10.6 Å². The Labute approximate surface area is 111 Å². The molecule has 0 rings (SSSR count).